The molecule has 6 saturated carbocycles. The van der Waals surface area contributed by atoms with Crippen molar-refractivity contribution in [3.05, 3.63) is 11.1 Å². The van der Waals surface area contributed by atoms with Crippen molar-refractivity contribution in [3.63, 3.8) is 0 Å². The first-order valence-corrected chi connectivity index (χ1v) is 11.1. The van der Waals surface area contributed by atoms with E-state index in [-0.39, 0.29) is 11.6 Å². The van der Waals surface area contributed by atoms with Gasteiger partial charge in [-0.1, -0.05) is 38.5 Å². The Labute approximate surface area is 167 Å². The highest BCUT2D eigenvalue weighted by molar-refractivity contribution is 6.40. The molecule has 0 aromatic carbocycles. The monoisotopic (exact) mass is 384 g/mol. The number of hydrogen-bond acceptors (Lipinski definition) is 2. The smallest absolute Gasteiger partial charge is 0.335 e. The van der Waals surface area contributed by atoms with Crippen LogP contribution in [0, 0.1) is 10.8 Å². The van der Waals surface area contributed by atoms with Crippen molar-refractivity contribution in [1.29, 1.82) is 0 Å². The Balaban J connectivity index is 1.80. The maximum Gasteiger partial charge on any atom is 0.335 e. The van der Waals surface area contributed by atoms with Crippen LogP contribution in [-0.2, 0) is 9.59 Å². The molecule has 6 heteroatoms. The van der Waals surface area contributed by atoms with Crippen LogP contribution in [0.25, 0.3) is 11.1 Å². The summed E-state index contributed by atoms with van der Waals surface area (Å²) in [4.78, 5) is 33.1. The number of nitrogens with zero attached hydrogens (tertiary/aromatic N) is 4. The fourth-order valence-corrected chi connectivity index (χ4v) is 5.54. The van der Waals surface area contributed by atoms with Crippen molar-refractivity contribution in [2.24, 2.45) is 10.8 Å². The molecule has 152 valence electrons. The summed E-state index contributed by atoms with van der Waals surface area (Å²) in [6.45, 7) is 0. The van der Waals surface area contributed by atoms with Gasteiger partial charge in [-0.25, -0.2) is 0 Å². The number of hydrogen-bond donors (Lipinski definition) is 0. The van der Waals surface area contributed by atoms with Crippen molar-refractivity contribution in [2.45, 2.75) is 103 Å². The largest absolute Gasteiger partial charge is 0.361 e. The van der Waals surface area contributed by atoms with E-state index in [1.165, 1.54) is 0 Å². The summed E-state index contributed by atoms with van der Waals surface area (Å²) < 4.78 is 0. The van der Waals surface area contributed by atoms with Gasteiger partial charge in [-0.2, -0.15) is 9.58 Å². The van der Waals surface area contributed by atoms with Gasteiger partial charge in [0.15, 0.2) is 0 Å². The molecule has 6 nitrogen and oxygen atoms in total. The van der Waals surface area contributed by atoms with Crippen molar-refractivity contribution in [1.82, 2.24) is 0 Å². The number of Topliss-reactive ketones (excluding diaryl/α,β-unsaturated/α-hetero) is 2. The summed E-state index contributed by atoms with van der Waals surface area (Å²) in [5.74, 6) is -0.0131. The van der Waals surface area contributed by atoms with Crippen LogP contribution in [0.1, 0.15) is 103 Å². The molecule has 0 atom stereocenters. The van der Waals surface area contributed by atoms with E-state index < -0.39 is 10.8 Å². The molecular formula is C22H32N4O2. The van der Waals surface area contributed by atoms with Gasteiger partial charge < -0.3 is 11.1 Å². The Morgan fingerprint density at radius 3 is 1.11 bits per heavy atom. The Morgan fingerprint density at radius 1 is 0.536 bits per heavy atom. The van der Waals surface area contributed by atoms with Crippen molar-refractivity contribution in [2.75, 3.05) is 0 Å². The molecule has 0 amide bonds. The average molecular weight is 385 g/mol. The van der Waals surface area contributed by atoms with Crippen LogP contribution in [-0.4, -0.2) is 32.6 Å². The minimum atomic E-state index is -0.467. The van der Waals surface area contributed by atoms with E-state index in [9.17, 15) is 20.7 Å². The zero-order valence-corrected chi connectivity index (χ0v) is 16.9. The van der Waals surface area contributed by atoms with Crippen LogP contribution in [0.15, 0.2) is 0 Å². The number of carbonyl (C=O) groups excluding carboxylic acids is 2. The maximum atomic E-state index is 13.2. The topological polar surface area (TPSA) is 107 Å². The predicted molar refractivity (Wildman–Crippen MR) is 106 cm³/mol. The van der Waals surface area contributed by atoms with Crippen LogP contribution in [0.3, 0.4) is 0 Å². The molecule has 6 fully saturated rings. The second-order valence-corrected chi connectivity index (χ2v) is 9.14. The van der Waals surface area contributed by atoms with Gasteiger partial charge in [0.1, 0.15) is 0 Å². The van der Waals surface area contributed by atoms with Gasteiger partial charge in [-0.3, -0.25) is 9.59 Å². The fourth-order valence-electron chi connectivity index (χ4n) is 5.54. The minimum Gasteiger partial charge on any atom is -0.361 e. The van der Waals surface area contributed by atoms with E-state index in [4.69, 9.17) is 0 Å². The molecule has 28 heavy (non-hydrogen) atoms. The van der Waals surface area contributed by atoms with Crippen LogP contribution in [0.4, 0.5) is 0 Å². The molecule has 0 aliphatic heterocycles. The van der Waals surface area contributed by atoms with Gasteiger partial charge in [-0.15, -0.1) is 0 Å². The maximum absolute atomic E-state index is 13.2. The Kier molecular flexibility index (Phi) is 6.74. The molecule has 6 aliphatic rings. The zero-order chi connectivity index (χ0) is 20.0. The normalized spacial score (nSPS) is 33.1. The van der Waals surface area contributed by atoms with E-state index in [1.807, 2.05) is 0 Å². The first kappa shape index (κ1) is 20.8. The van der Waals surface area contributed by atoms with Gasteiger partial charge >= 0.3 is 11.4 Å². The molecule has 0 N–H and O–H groups in total. The van der Waals surface area contributed by atoms with Crippen LogP contribution < -0.4 is 0 Å². The van der Waals surface area contributed by atoms with E-state index in [2.05, 4.69) is 9.58 Å². The Morgan fingerprint density at radius 2 is 0.821 bits per heavy atom. The van der Waals surface area contributed by atoms with Gasteiger partial charge in [-0.05, 0) is 51.4 Å². The third-order valence-electron chi connectivity index (χ3n) is 7.55. The average Bonchev–Trinajstić information content (AvgIpc) is 2.74. The fraction of sp³-hybridized carbons (Fsp3) is 0.818. The van der Waals surface area contributed by atoms with Crippen LogP contribution in [0.2, 0.25) is 0 Å². The van der Waals surface area contributed by atoms with Gasteiger partial charge in [0.05, 0.1) is 12.8 Å². The van der Waals surface area contributed by atoms with Gasteiger partial charge in [0.2, 0.25) is 11.6 Å². The molecule has 0 aromatic heterocycles. The number of ketones is 2. The third kappa shape index (κ3) is 4.09. The summed E-state index contributed by atoms with van der Waals surface area (Å²) in [5.41, 5.74) is 18.6. The van der Waals surface area contributed by atoms with E-state index >= 15 is 0 Å². The number of carbonyl (C=O) groups is 2. The zero-order valence-electron chi connectivity index (χ0n) is 16.9. The summed E-state index contributed by atoms with van der Waals surface area (Å²) in [5, 5.41) is 0. The standard InChI is InChI=1S/C22H32N4O2/c23-25-17-9-7-5-3-1-2-4-6-8-10-18(26-24)20(28)22-14-11-21(12-15-22,13-16-22)19(17)27/h1-16H2. The van der Waals surface area contributed by atoms with Crippen molar-refractivity contribution < 1.29 is 19.2 Å². The molecule has 0 heterocycles. The van der Waals surface area contributed by atoms with E-state index in [0.717, 1.165) is 51.4 Å². The number of rotatable bonds is 0. The van der Waals surface area contributed by atoms with Gasteiger partial charge in [0.25, 0.3) is 0 Å². The molecular weight excluding hydrogens is 352 g/mol. The lowest BCUT2D eigenvalue weighted by Gasteiger charge is -2.50. The highest BCUT2D eigenvalue weighted by Gasteiger charge is 2.58. The molecule has 0 aromatic rings. The quantitative estimate of drug-likeness (QED) is 0.445. The lowest BCUT2D eigenvalue weighted by Crippen LogP contribution is -2.52. The second kappa shape index (κ2) is 9.07. The molecule has 0 radical (unpaired) electrons. The molecule has 2 bridgehead atoms. The molecule has 0 saturated heterocycles. The second-order valence-electron chi connectivity index (χ2n) is 9.14. The molecule has 0 unspecified atom stereocenters. The molecule has 6 aliphatic carbocycles. The summed E-state index contributed by atoms with van der Waals surface area (Å²) in [7, 11) is 0. The Hall–Kier alpha value is -1.90. The lowest BCUT2D eigenvalue weighted by molar-refractivity contribution is -0.144. The molecule has 6 rings (SSSR count). The van der Waals surface area contributed by atoms with E-state index in [1.54, 1.807) is 0 Å². The molecule has 0 spiro atoms. The van der Waals surface area contributed by atoms with E-state index in [0.29, 0.717) is 62.8 Å². The highest BCUT2D eigenvalue weighted by Crippen LogP contribution is 2.58. The summed E-state index contributed by atoms with van der Waals surface area (Å²) in [6, 6.07) is 0. The van der Waals surface area contributed by atoms with Crippen LogP contribution in [0.5, 0.6) is 0 Å². The first-order chi connectivity index (χ1) is 13.6. The summed E-state index contributed by atoms with van der Waals surface area (Å²) >= 11 is 0. The van der Waals surface area contributed by atoms with Crippen LogP contribution >= 0.6 is 0 Å². The third-order valence-corrected chi connectivity index (χ3v) is 7.55. The summed E-state index contributed by atoms with van der Waals surface area (Å²) in [6.07, 6.45) is 13.5. The first-order valence-electron chi connectivity index (χ1n) is 11.1. The SMILES string of the molecule is [N-]=[N+]=C1CCCCCCCCCCC(=[N+]=[N-])C(=O)C23CCC(CC2)(CC3)C1=O. The predicted octanol–water partition coefficient (Wildman–Crippen LogP) is 4.72. The highest BCUT2D eigenvalue weighted by atomic mass is 16.1. The van der Waals surface area contributed by atoms with Crippen molar-refractivity contribution >= 4 is 23.0 Å². The Bertz CT molecular complexity index is 642. The lowest BCUT2D eigenvalue weighted by atomic mass is 9.50. The van der Waals surface area contributed by atoms with Crippen molar-refractivity contribution in [3.8, 4) is 0 Å². The minimum absolute atomic E-state index is 0.00656. The van der Waals surface area contributed by atoms with Gasteiger partial charge in [0, 0.05) is 10.8 Å².